The second kappa shape index (κ2) is 7.08. The topological polar surface area (TPSA) is 65.1 Å². The minimum absolute atomic E-state index is 0.205. The molecular weight excluding hydrogens is 274 g/mol. The summed E-state index contributed by atoms with van der Waals surface area (Å²) in [5.74, 6) is -0.843. The molecule has 0 radical (unpaired) electrons. The quantitative estimate of drug-likeness (QED) is 0.786. The predicted octanol–water partition coefficient (Wildman–Crippen LogP) is 1.44. The summed E-state index contributed by atoms with van der Waals surface area (Å²) < 4.78 is 15.2. The number of ether oxygens (including phenoxy) is 3. The zero-order valence-electron chi connectivity index (χ0n) is 12.2. The first-order valence-corrected chi connectivity index (χ1v) is 6.72. The molecule has 0 aromatic heterocycles. The molecule has 0 aliphatic carbocycles. The molecule has 1 aliphatic rings. The fourth-order valence-corrected chi connectivity index (χ4v) is 2.35. The third kappa shape index (κ3) is 3.72. The van der Waals surface area contributed by atoms with E-state index in [0.717, 1.165) is 5.56 Å². The normalized spacial score (nSPS) is 21.1. The van der Waals surface area contributed by atoms with Crippen molar-refractivity contribution in [3.8, 4) is 0 Å². The van der Waals surface area contributed by atoms with Crippen LogP contribution in [0, 0.1) is 5.92 Å². The molecule has 1 saturated heterocycles. The van der Waals surface area contributed by atoms with Crippen molar-refractivity contribution in [3.05, 3.63) is 35.9 Å². The first-order valence-electron chi connectivity index (χ1n) is 6.72. The third-order valence-corrected chi connectivity index (χ3v) is 3.54. The van der Waals surface area contributed by atoms with Crippen LogP contribution in [0.25, 0.3) is 0 Å². The van der Waals surface area contributed by atoms with E-state index in [2.05, 4.69) is 0 Å². The van der Waals surface area contributed by atoms with Gasteiger partial charge in [-0.05, 0) is 5.56 Å². The molecule has 1 amide bonds. The van der Waals surface area contributed by atoms with Gasteiger partial charge in [0, 0.05) is 13.7 Å². The van der Waals surface area contributed by atoms with Gasteiger partial charge >= 0.3 is 12.1 Å². The minimum Gasteiger partial charge on any atom is -0.469 e. The molecule has 6 heteroatoms. The molecule has 21 heavy (non-hydrogen) atoms. The maximum absolute atomic E-state index is 12.0. The molecule has 1 fully saturated rings. The van der Waals surface area contributed by atoms with Gasteiger partial charge in [-0.2, -0.15) is 0 Å². The van der Waals surface area contributed by atoms with Crippen molar-refractivity contribution >= 4 is 12.1 Å². The standard InChI is InChI=1S/C15H19NO5/c1-19-13-9-16(8-12(13)14(17)20-2)15(18)21-10-11-6-4-3-5-7-11/h3-7,12-13H,8-10H2,1-2H3/t12-,13-/m1/s1. The molecule has 0 N–H and O–H groups in total. The average Bonchev–Trinajstić information content (AvgIpc) is 2.97. The van der Waals surface area contributed by atoms with E-state index in [4.69, 9.17) is 14.2 Å². The van der Waals surface area contributed by atoms with Crippen LogP contribution in [0.1, 0.15) is 5.56 Å². The van der Waals surface area contributed by atoms with Gasteiger partial charge in [-0.1, -0.05) is 30.3 Å². The molecule has 114 valence electrons. The van der Waals surface area contributed by atoms with Gasteiger partial charge in [-0.25, -0.2) is 4.79 Å². The predicted molar refractivity (Wildman–Crippen MR) is 74.5 cm³/mol. The number of amides is 1. The lowest BCUT2D eigenvalue weighted by Gasteiger charge is -2.15. The number of methoxy groups -OCH3 is 2. The van der Waals surface area contributed by atoms with Gasteiger partial charge in [0.15, 0.2) is 0 Å². The number of benzene rings is 1. The Bertz CT molecular complexity index is 490. The van der Waals surface area contributed by atoms with Crippen LogP contribution in [0.15, 0.2) is 30.3 Å². The van der Waals surface area contributed by atoms with Crippen LogP contribution >= 0.6 is 0 Å². The molecule has 0 saturated carbocycles. The van der Waals surface area contributed by atoms with Crippen LogP contribution in [0.3, 0.4) is 0 Å². The maximum atomic E-state index is 12.0. The molecular formula is C15H19NO5. The average molecular weight is 293 g/mol. The Hall–Kier alpha value is -2.08. The van der Waals surface area contributed by atoms with Crippen LogP contribution < -0.4 is 0 Å². The second-order valence-electron chi connectivity index (χ2n) is 4.85. The summed E-state index contributed by atoms with van der Waals surface area (Å²) in [6, 6.07) is 9.43. The van der Waals surface area contributed by atoms with E-state index in [9.17, 15) is 9.59 Å². The van der Waals surface area contributed by atoms with Gasteiger partial charge in [0.1, 0.15) is 12.5 Å². The van der Waals surface area contributed by atoms with Gasteiger partial charge in [0.25, 0.3) is 0 Å². The van der Waals surface area contributed by atoms with Crippen molar-refractivity contribution in [2.75, 3.05) is 27.3 Å². The highest BCUT2D eigenvalue weighted by molar-refractivity contribution is 5.76. The van der Waals surface area contributed by atoms with Crippen LogP contribution in [0.5, 0.6) is 0 Å². The van der Waals surface area contributed by atoms with Gasteiger partial charge < -0.3 is 19.1 Å². The summed E-state index contributed by atoms with van der Waals surface area (Å²) in [7, 11) is 2.84. The fourth-order valence-electron chi connectivity index (χ4n) is 2.35. The van der Waals surface area contributed by atoms with E-state index in [1.165, 1.54) is 19.1 Å². The first kappa shape index (κ1) is 15.3. The smallest absolute Gasteiger partial charge is 0.410 e. The number of nitrogens with zero attached hydrogens (tertiary/aromatic N) is 1. The molecule has 2 rings (SSSR count). The van der Waals surface area contributed by atoms with Crippen molar-refractivity contribution in [3.63, 3.8) is 0 Å². The fraction of sp³-hybridized carbons (Fsp3) is 0.467. The molecule has 1 aliphatic heterocycles. The van der Waals surface area contributed by atoms with Gasteiger partial charge in [-0.15, -0.1) is 0 Å². The highest BCUT2D eigenvalue weighted by Crippen LogP contribution is 2.21. The Morgan fingerprint density at radius 3 is 2.52 bits per heavy atom. The van der Waals surface area contributed by atoms with E-state index in [1.54, 1.807) is 0 Å². The van der Waals surface area contributed by atoms with Crippen molar-refractivity contribution in [1.29, 1.82) is 0 Å². The lowest BCUT2D eigenvalue weighted by atomic mass is 10.1. The Balaban J connectivity index is 1.90. The zero-order chi connectivity index (χ0) is 15.2. The lowest BCUT2D eigenvalue weighted by Crippen LogP contribution is -2.30. The maximum Gasteiger partial charge on any atom is 0.410 e. The van der Waals surface area contributed by atoms with Crippen molar-refractivity contribution in [2.24, 2.45) is 5.92 Å². The summed E-state index contributed by atoms with van der Waals surface area (Å²) in [5, 5.41) is 0. The van der Waals surface area contributed by atoms with Crippen LogP contribution in [0.4, 0.5) is 4.79 Å². The second-order valence-corrected chi connectivity index (χ2v) is 4.85. The summed E-state index contributed by atoms with van der Waals surface area (Å²) >= 11 is 0. The molecule has 0 unspecified atom stereocenters. The van der Waals surface area contributed by atoms with Crippen molar-refractivity contribution in [2.45, 2.75) is 12.7 Å². The third-order valence-electron chi connectivity index (χ3n) is 3.54. The highest BCUT2D eigenvalue weighted by Gasteiger charge is 2.41. The lowest BCUT2D eigenvalue weighted by molar-refractivity contribution is -0.148. The number of esters is 1. The van der Waals surface area contributed by atoms with E-state index in [-0.39, 0.29) is 25.2 Å². The highest BCUT2D eigenvalue weighted by atomic mass is 16.6. The number of likely N-dealkylation sites (tertiary alicyclic amines) is 1. The molecule has 2 atom stereocenters. The van der Waals surface area contributed by atoms with Crippen LogP contribution in [0.2, 0.25) is 0 Å². The molecule has 0 bridgehead atoms. The summed E-state index contributed by atoms with van der Waals surface area (Å²) in [5.41, 5.74) is 0.915. The Kier molecular flexibility index (Phi) is 5.16. The van der Waals surface area contributed by atoms with Crippen molar-refractivity contribution in [1.82, 2.24) is 4.90 Å². The van der Waals surface area contributed by atoms with E-state index < -0.39 is 12.0 Å². The largest absolute Gasteiger partial charge is 0.469 e. The van der Waals surface area contributed by atoms with Crippen LogP contribution in [-0.2, 0) is 25.6 Å². The Morgan fingerprint density at radius 2 is 1.90 bits per heavy atom. The molecule has 1 heterocycles. The monoisotopic (exact) mass is 293 g/mol. The number of carbonyl (C=O) groups excluding carboxylic acids is 2. The first-order chi connectivity index (χ1) is 10.2. The van der Waals surface area contributed by atoms with Crippen LogP contribution in [-0.4, -0.2) is 50.4 Å². The summed E-state index contributed by atoms with van der Waals surface area (Å²) in [6.07, 6.45) is -0.811. The number of rotatable bonds is 4. The molecule has 1 aromatic carbocycles. The summed E-state index contributed by atoms with van der Waals surface area (Å²) in [4.78, 5) is 25.2. The number of carbonyl (C=O) groups is 2. The van der Waals surface area contributed by atoms with Gasteiger partial charge in [0.05, 0.1) is 19.8 Å². The van der Waals surface area contributed by atoms with Gasteiger partial charge in [0.2, 0.25) is 0 Å². The van der Waals surface area contributed by atoms with Crippen molar-refractivity contribution < 1.29 is 23.8 Å². The molecule has 1 aromatic rings. The minimum atomic E-state index is -0.468. The van der Waals surface area contributed by atoms with E-state index in [0.29, 0.717) is 6.54 Å². The SMILES string of the molecule is COC(=O)[C@@H]1CN(C(=O)OCc2ccccc2)C[C@H]1OC. The Morgan fingerprint density at radius 1 is 1.19 bits per heavy atom. The summed E-state index contributed by atoms with van der Waals surface area (Å²) in [6.45, 7) is 0.777. The molecule has 0 spiro atoms. The van der Waals surface area contributed by atoms with E-state index in [1.807, 2.05) is 30.3 Å². The Labute approximate surface area is 123 Å². The van der Waals surface area contributed by atoms with E-state index >= 15 is 0 Å². The zero-order valence-corrected chi connectivity index (χ0v) is 12.2. The number of hydrogen-bond acceptors (Lipinski definition) is 5. The van der Waals surface area contributed by atoms with Gasteiger partial charge in [-0.3, -0.25) is 4.79 Å². The number of hydrogen-bond donors (Lipinski definition) is 0. The molecule has 6 nitrogen and oxygen atoms in total.